The fourth-order valence-electron chi connectivity index (χ4n) is 3.14. The highest BCUT2D eigenvalue weighted by molar-refractivity contribution is 7.22. The van der Waals surface area contributed by atoms with Gasteiger partial charge in [-0.15, -0.1) is 0 Å². The van der Waals surface area contributed by atoms with E-state index in [9.17, 15) is 14.9 Å². The van der Waals surface area contributed by atoms with Gasteiger partial charge >= 0.3 is 0 Å². The molecule has 4 rings (SSSR count). The molecule has 1 aromatic heterocycles. The minimum atomic E-state index is -0.462. The summed E-state index contributed by atoms with van der Waals surface area (Å²) in [5, 5.41) is 11.6. The lowest BCUT2D eigenvalue weighted by Gasteiger charge is -2.18. The third-order valence-corrected chi connectivity index (χ3v) is 5.81. The monoisotopic (exact) mass is 445 g/mol. The molecule has 0 aliphatic carbocycles. The van der Waals surface area contributed by atoms with Crippen LogP contribution in [0.1, 0.15) is 11.1 Å². The van der Waals surface area contributed by atoms with Gasteiger partial charge in [0.25, 0.3) is 11.6 Å². The van der Waals surface area contributed by atoms with Crippen molar-refractivity contribution in [3.8, 4) is 5.75 Å². The highest BCUT2D eigenvalue weighted by Crippen LogP contribution is 2.32. The third kappa shape index (κ3) is 4.81. The molecule has 0 N–H and O–H groups in total. The van der Waals surface area contributed by atoms with Crippen LogP contribution in [0.15, 0.2) is 78.9 Å². The molecule has 0 radical (unpaired) electrons. The predicted octanol–water partition coefficient (Wildman–Crippen LogP) is 5.46. The Morgan fingerprint density at radius 2 is 1.94 bits per heavy atom. The van der Waals surface area contributed by atoms with E-state index in [2.05, 4.69) is 4.98 Å². The van der Waals surface area contributed by atoms with E-state index in [-0.39, 0.29) is 11.6 Å². The maximum Gasteiger partial charge on any atom is 0.270 e. The van der Waals surface area contributed by atoms with Gasteiger partial charge in [0.1, 0.15) is 5.75 Å². The van der Waals surface area contributed by atoms with Crippen LogP contribution >= 0.6 is 11.3 Å². The van der Waals surface area contributed by atoms with E-state index in [1.165, 1.54) is 29.5 Å². The summed E-state index contributed by atoms with van der Waals surface area (Å²) in [6, 6.07) is 21.4. The summed E-state index contributed by atoms with van der Waals surface area (Å²) in [5.74, 6) is 0.450. The maximum atomic E-state index is 13.2. The van der Waals surface area contributed by atoms with Gasteiger partial charge in [0.05, 0.1) is 28.8 Å². The Balaban J connectivity index is 1.67. The number of ether oxygens (including phenoxy) is 1. The Morgan fingerprint density at radius 3 is 2.69 bits per heavy atom. The van der Waals surface area contributed by atoms with Crippen molar-refractivity contribution in [2.75, 3.05) is 12.0 Å². The molecule has 32 heavy (non-hydrogen) atoms. The molecule has 3 aromatic carbocycles. The first-order chi connectivity index (χ1) is 15.5. The molecule has 0 bridgehead atoms. The number of anilines is 1. The van der Waals surface area contributed by atoms with E-state index in [0.29, 0.717) is 17.2 Å². The van der Waals surface area contributed by atoms with Crippen molar-refractivity contribution in [3.05, 3.63) is 100 Å². The number of fused-ring (bicyclic) bond motifs is 1. The zero-order chi connectivity index (χ0) is 22.5. The maximum absolute atomic E-state index is 13.2. The number of hydrogen-bond acceptors (Lipinski definition) is 6. The standard InChI is InChI=1S/C24H19N3O4S/c1-31-20-11-12-21-22(15-20)32-24(25-21)26(16-18-6-3-2-4-7-18)23(28)13-10-17-8-5-9-19(14-17)27(29)30/h2-15H,16H2,1H3/b13-10+. The van der Waals surface area contributed by atoms with Gasteiger partial charge in [-0.25, -0.2) is 4.98 Å². The van der Waals surface area contributed by atoms with Gasteiger partial charge in [0, 0.05) is 18.2 Å². The van der Waals surface area contributed by atoms with E-state index in [0.717, 1.165) is 21.5 Å². The van der Waals surface area contributed by atoms with Crippen LogP contribution < -0.4 is 9.64 Å². The fraction of sp³-hybridized carbons (Fsp3) is 0.0833. The number of thiazole rings is 1. The van der Waals surface area contributed by atoms with Crippen LogP contribution in [-0.4, -0.2) is 22.9 Å². The second kappa shape index (κ2) is 9.40. The number of benzene rings is 3. The first-order valence-corrected chi connectivity index (χ1v) is 10.6. The Morgan fingerprint density at radius 1 is 1.12 bits per heavy atom. The Labute approximate surface area is 188 Å². The van der Waals surface area contributed by atoms with Crippen LogP contribution in [0, 0.1) is 10.1 Å². The number of methoxy groups -OCH3 is 1. The predicted molar refractivity (Wildman–Crippen MR) is 126 cm³/mol. The van der Waals surface area contributed by atoms with Crippen molar-refractivity contribution in [1.29, 1.82) is 0 Å². The lowest BCUT2D eigenvalue weighted by Crippen LogP contribution is -2.28. The highest BCUT2D eigenvalue weighted by atomic mass is 32.1. The molecule has 0 atom stereocenters. The van der Waals surface area contributed by atoms with Crippen molar-refractivity contribution < 1.29 is 14.5 Å². The molecule has 0 aliphatic rings. The SMILES string of the molecule is COc1ccc2nc(N(Cc3ccccc3)C(=O)/C=C/c3cccc([N+](=O)[O-])c3)sc2c1. The largest absolute Gasteiger partial charge is 0.497 e. The summed E-state index contributed by atoms with van der Waals surface area (Å²) in [6.45, 7) is 0.343. The van der Waals surface area contributed by atoms with Crippen LogP contribution in [0.3, 0.4) is 0 Å². The molecular weight excluding hydrogens is 426 g/mol. The fourth-order valence-corrected chi connectivity index (χ4v) is 4.14. The molecular formula is C24H19N3O4S. The lowest BCUT2D eigenvalue weighted by atomic mass is 10.2. The number of nitrogens with zero attached hydrogens (tertiary/aromatic N) is 3. The third-order valence-electron chi connectivity index (χ3n) is 4.76. The van der Waals surface area contributed by atoms with Crippen LogP contribution in [-0.2, 0) is 11.3 Å². The zero-order valence-electron chi connectivity index (χ0n) is 17.2. The number of aromatic nitrogens is 1. The summed E-state index contributed by atoms with van der Waals surface area (Å²) < 4.78 is 6.20. The van der Waals surface area contributed by atoms with Gasteiger partial charge in [-0.1, -0.05) is 53.8 Å². The summed E-state index contributed by atoms with van der Waals surface area (Å²) in [5.41, 5.74) is 2.28. The lowest BCUT2D eigenvalue weighted by molar-refractivity contribution is -0.384. The van der Waals surface area contributed by atoms with Gasteiger partial charge < -0.3 is 4.74 Å². The number of carbonyl (C=O) groups excluding carboxylic acids is 1. The highest BCUT2D eigenvalue weighted by Gasteiger charge is 2.19. The number of non-ortho nitro benzene ring substituents is 1. The average molecular weight is 446 g/mol. The smallest absolute Gasteiger partial charge is 0.270 e. The second-order valence-corrected chi connectivity index (χ2v) is 7.93. The van der Waals surface area contributed by atoms with Crippen LogP contribution in [0.4, 0.5) is 10.8 Å². The van der Waals surface area contributed by atoms with E-state index in [4.69, 9.17) is 4.74 Å². The van der Waals surface area contributed by atoms with E-state index in [1.54, 1.807) is 30.2 Å². The Hall–Kier alpha value is -4.04. The quantitative estimate of drug-likeness (QED) is 0.214. The van der Waals surface area contributed by atoms with Crippen LogP contribution in [0.5, 0.6) is 5.75 Å². The first kappa shape index (κ1) is 21.2. The molecule has 1 amide bonds. The van der Waals surface area contributed by atoms with Crippen molar-refractivity contribution in [1.82, 2.24) is 4.98 Å². The minimum absolute atomic E-state index is 0.0270. The van der Waals surface area contributed by atoms with Gasteiger partial charge in [0.15, 0.2) is 5.13 Å². The number of hydrogen-bond donors (Lipinski definition) is 0. The van der Waals surface area contributed by atoms with Crippen molar-refractivity contribution in [2.45, 2.75) is 6.54 Å². The number of rotatable bonds is 7. The molecule has 7 nitrogen and oxygen atoms in total. The topological polar surface area (TPSA) is 85.6 Å². The molecule has 0 aliphatic heterocycles. The Bertz CT molecular complexity index is 1300. The molecule has 0 saturated heterocycles. The van der Waals surface area contributed by atoms with Crippen molar-refractivity contribution in [2.24, 2.45) is 0 Å². The molecule has 160 valence electrons. The van der Waals surface area contributed by atoms with E-state index >= 15 is 0 Å². The van der Waals surface area contributed by atoms with Gasteiger partial charge in [0.2, 0.25) is 0 Å². The summed E-state index contributed by atoms with van der Waals surface area (Å²) in [7, 11) is 1.60. The number of carbonyl (C=O) groups is 1. The van der Waals surface area contributed by atoms with Crippen LogP contribution in [0.25, 0.3) is 16.3 Å². The average Bonchev–Trinajstić information content (AvgIpc) is 3.24. The summed E-state index contributed by atoms with van der Waals surface area (Å²) in [6.07, 6.45) is 2.98. The Kier molecular flexibility index (Phi) is 6.23. The molecule has 4 aromatic rings. The van der Waals surface area contributed by atoms with Gasteiger partial charge in [-0.2, -0.15) is 0 Å². The molecule has 0 saturated carbocycles. The minimum Gasteiger partial charge on any atom is -0.497 e. The van der Waals surface area contributed by atoms with Crippen molar-refractivity contribution in [3.63, 3.8) is 0 Å². The molecule has 1 heterocycles. The molecule has 0 spiro atoms. The zero-order valence-corrected chi connectivity index (χ0v) is 18.0. The number of nitro groups is 1. The van der Waals surface area contributed by atoms with Crippen molar-refractivity contribution >= 4 is 44.4 Å². The van der Waals surface area contributed by atoms with Gasteiger partial charge in [-0.05, 0) is 35.4 Å². The summed E-state index contributed by atoms with van der Waals surface area (Å²) >= 11 is 1.40. The van der Waals surface area contributed by atoms with E-state index < -0.39 is 4.92 Å². The second-order valence-electron chi connectivity index (χ2n) is 6.93. The number of amides is 1. The first-order valence-electron chi connectivity index (χ1n) is 9.76. The molecule has 8 heteroatoms. The van der Waals surface area contributed by atoms with Crippen LogP contribution in [0.2, 0.25) is 0 Å². The normalized spacial score (nSPS) is 11.0. The van der Waals surface area contributed by atoms with E-state index in [1.807, 2.05) is 48.5 Å². The molecule has 0 fully saturated rings. The van der Waals surface area contributed by atoms with Gasteiger partial charge in [-0.3, -0.25) is 19.8 Å². The number of nitro benzene ring substituents is 1. The summed E-state index contributed by atoms with van der Waals surface area (Å²) in [4.78, 5) is 30.0. The molecule has 0 unspecified atom stereocenters.